The number of allylic oxidation sites excluding steroid dienone is 10. The van der Waals surface area contributed by atoms with Gasteiger partial charge in [-0.25, -0.2) is 0 Å². The maximum absolute atomic E-state index is 13.0. The van der Waals surface area contributed by atoms with Crippen LogP contribution in [-0.2, 0) is 28.6 Å². The molecule has 0 aromatic heterocycles. The van der Waals surface area contributed by atoms with E-state index in [9.17, 15) is 14.4 Å². The lowest BCUT2D eigenvalue weighted by Gasteiger charge is -2.18. The van der Waals surface area contributed by atoms with Gasteiger partial charge in [0.15, 0.2) is 6.10 Å². The molecule has 0 aliphatic carbocycles. The molecule has 0 fully saturated rings. The summed E-state index contributed by atoms with van der Waals surface area (Å²) >= 11 is 0. The van der Waals surface area contributed by atoms with Crippen molar-refractivity contribution in [1.82, 2.24) is 0 Å². The smallest absolute Gasteiger partial charge is 0.306 e. The number of hydrogen-bond donors (Lipinski definition) is 0. The number of unbranched alkanes of at least 4 members (excludes halogenated alkanes) is 47. The maximum Gasteiger partial charge on any atom is 0.306 e. The summed E-state index contributed by atoms with van der Waals surface area (Å²) in [4.78, 5) is 38.5. The van der Waals surface area contributed by atoms with Gasteiger partial charge in [0.1, 0.15) is 13.2 Å². The Morgan fingerprint density at radius 3 is 0.747 bits per heavy atom. The van der Waals surface area contributed by atoms with Gasteiger partial charge in [-0.15, -0.1) is 0 Å². The third kappa shape index (κ3) is 69.8. The fraction of sp³-hybridized carbons (Fsp3) is 0.831. The molecule has 484 valence electrons. The standard InChI is InChI=1S/C77H140O6/c1-4-7-10-13-16-19-22-25-28-31-33-35-37-39-41-42-44-46-49-52-55-58-61-64-67-70-76(79)82-73-74(72-81-75(78)69-66-63-60-57-54-51-48-30-27-24-21-18-15-12-9-6-3)83-77(80)71-68-65-62-59-56-53-50-47-45-43-40-38-36-34-32-29-26-23-20-17-14-11-8-5-2/h7,10,16,19,25,28,30,33,35,48,74H,4-6,8-9,11-15,17-18,20-24,26-27,29,31-32,34,36-47,49-73H2,1-3H3/b10-7-,19-16-,28-25-,35-33-,48-30-. The zero-order valence-corrected chi connectivity index (χ0v) is 55.7. The van der Waals surface area contributed by atoms with Crippen molar-refractivity contribution >= 4 is 17.9 Å². The molecule has 6 heteroatoms. The highest BCUT2D eigenvalue weighted by molar-refractivity contribution is 5.71. The third-order valence-electron chi connectivity index (χ3n) is 16.5. The Bertz CT molecular complexity index is 1470. The third-order valence-corrected chi connectivity index (χ3v) is 16.5. The number of carbonyl (C=O) groups is 3. The summed E-state index contributed by atoms with van der Waals surface area (Å²) < 4.78 is 17.0. The average molecular weight is 1160 g/mol. The van der Waals surface area contributed by atoms with Gasteiger partial charge in [0.25, 0.3) is 0 Å². The van der Waals surface area contributed by atoms with E-state index in [4.69, 9.17) is 14.2 Å². The van der Waals surface area contributed by atoms with Crippen LogP contribution in [0.3, 0.4) is 0 Å². The Labute approximate surface area is 517 Å². The van der Waals surface area contributed by atoms with Crippen LogP contribution in [0.4, 0.5) is 0 Å². The molecule has 0 heterocycles. The first-order valence-corrected chi connectivity index (χ1v) is 36.8. The van der Waals surface area contributed by atoms with Crippen molar-refractivity contribution in [2.45, 2.75) is 399 Å². The quantitative estimate of drug-likeness (QED) is 0.0261. The lowest BCUT2D eigenvalue weighted by Crippen LogP contribution is -2.30. The van der Waals surface area contributed by atoms with E-state index in [1.54, 1.807) is 0 Å². The number of ether oxygens (including phenoxy) is 3. The van der Waals surface area contributed by atoms with Gasteiger partial charge in [-0.3, -0.25) is 14.4 Å². The number of hydrogen-bond acceptors (Lipinski definition) is 6. The average Bonchev–Trinajstić information content (AvgIpc) is 3.50. The topological polar surface area (TPSA) is 78.9 Å². The zero-order valence-electron chi connectivity index (χ0n) is 55.7. The van der Waals surface area contributed by atoms with Gasteiger partial charge in [-0.1, -0.05) is 351 Å². The van der Waals surface area contributed by atoms with Crippen LogP contribution in [0.15, 0.2) is 60.8 Å². The maximum atomic E-state index is 13.0. The van der Waals surface area contributed by atoms with Crippen LogP contribution in [0.1, 0.15) is 393 Å². The number of rotatable bonds is 68. The van der Waals surface area contributed by atoms with Crippen molar-refractivity contribution in [2.75, 3.05) is 13.2 Å². The van der Waals surface area contributed by atoms with Crippen LogP contribution in [0.2, 0.25) is 0 Å². The summed E-state index contributed by atoms with van der Waals surface area (Å²) in [7, 11) is 0. The zero-order chi connectivity index (χ0) is 59.9. The van der Waals surface area contributed by atoms with Gasteiger partial charge in [0, 0.05) is 19.3 Å². The van der Waals surface area contributed by atoms with Gasteiger partial charge in [0.2, 0.25) is 0 Å². The minimum absolute atomic E-state index is 0.0733. The van der Waals surface area contributed by atoms with Crippen molar-refractivity contribution in [2.24, 2.45) is 0 Å². The monoisotopic (exact) mass is 1160 g/mol. The Balaban J connectivity index is 4.29. The molecule has 0 aliphatic heterocycles. The number of esters is 3. The lowest BCUT2D eigenvalue weighted by atomic mass is 10.0. The molecule has 0 spiro atoms. The molecule has 0 N–H and O–H groups in total. The van der Waals surface area contributed by atoms with Gasteiger partial charge < -0.3 is 14.2 Å². The van der Waals surface area contributed by atoms with Gasteiger partial charge in [-0.05, 0) is 83.5 Å². The summed E-state index contributed by atoms with van der Waals surface area (Å²) in [6, 6.07) is 0. The molecule has 1 unspecified atom stereocenters. The van der Waals surface area contributed by atoms with Crippen LogP contribution < -0.4 is 0 Å². The Morgan fingerprint density at radius 2 is 0.470 bits per heavy atom. The molecule has 0 aromatic carbocycles. The fourth-order valence-electron chi connectivity index (χ4n) is 11.0. The Hall–Kier alpha value is -2.89. The number of carbonyl (C=O) groups excluding carboxylic acids is 3. The van der Waals surface area contributed by atoms with Crippen molar-refractivity contribution in [3.63, 3.8) is 0 Å². The van der Waals surface area contributed by atoms with E-state index < -0.39 is 6.10 Å². The first-order valence-electron chi connectivity index (χ1n) is 36.8. The molecule has 0 amide bonds. The molecule has 0 aromatic rings. The molecule has 0 rings (SSSR count). The molecule has 0 saturated carbocycles. The summed E-state index contributed by atoms with van der Waals surface area (Å²) in [5.74, 6) is -0.855. The second-order valence-corrected chi connectivity index (χ2v) is 24.8. The second-order valence-electron chi connectivity index (χ2n) is 24.8. The molecule has 0 saturated heterocycles. The molecular formula is C77H140O6. The Kier molecular flexibility index (Phi) is 69.1. The van der Waals surface area contributed by atoms with Crippen molar-refractivity contribution in [3.8, 4) is 0 Å². The van der Waals surface area contributed by atoms with E-state index >= 15 is 0 Å². The molecule has 83 heavy (non-hydrogen) atoms. The Morgan fingerprint density at radius 1 is 0.253 bits per heavy atom. The molecule has 6 nitrogen and oxygen atoms in total. The fourth-order valence-corrected chi connectivity index (χ4v) is 11.0. The first-order chi connectivity index (χ1) is 41.0. The van der Waals surface area contributed by atoms with Crippen molar-refractivity contribution in [3.05, 3.63) is 60.8 Å². The van der Waals surface area contributed by atoms with Crippen LogP contribution in [-0.4, -0.2) is 37.2 Å². The van der Waals surface area contributed by atoms with E-state index in [0.717, 1.165) is 89.9 Å². The summed E-state index contributed by atoms with van der Waals surface area (Å²) in [6.07, 6.45) is 92.5. The summed E-state index contributed by atoms with van der Waals surface area (Å²) in [5.41, 5.74) is 0. The van der Waals surface area contributed by atoms with Crippen LogP contribution >= 0.6 is 0 Å². The van der Waals surface area contributed by atoms with Gasteiger partial charge >= 0.3 is 17.9 Å². The van der Waals surface area contributed by atoms with E-state index in [1.165, 1.54) is 263 Å². The highest BCUT2D eigenvalue weighted by Crippen LogP contribution is 2.19. The van der Waals surface area contributed by atoms with E-state index in [2.05, 4.69) is 81.5 Å². The van der Waals surface area contributed by atoms with Crippen molar-refractivity contribution < 1.29 is 28.6 Å². The lowest BCUT2D eigenvalue weighted by molar-refractivity contribution is -0.167. The normalized spacial score (nSPS) is 12.4. The van der Waals surface area contributed by atoms with Crippen molar-refractivity contribution in [1.29, 1.82) is 0 Å². The molecular weight excluding hydrogens is 1020 g/mol. The van der Waals surface area contributed by atoms with E-state index in [0.29, 0.717) is 19.3 Å². The van der Waals surface area contributed by atoms with Crippen LogP contribution in [0.25, 0.3) is 0 Å². The molecule has 1 atom stereocenters. The minimum Gasteiger partial charge on any atom is -0.462 e. The van der Waals surface area contributed by atoms with Crippen LogP contribution in [0.5, 0.6) is 0 Å². The summed E-state index contributed by atoms with van der Waals surface area (Å²) in [5, 5.41) is 0. The largest absolute Gasteiger partial charge is 0.462 e. The SMILES string of the molecule is CC/C=C\C/C=C\C/C=C\C/C=C\CCCCCCCCCCCCCCC(=O)OCC(COC(=O)CCCCCCC/C=C\CCCCCCCCC)OC(=O)CCCCCCCCCCCCCCCCCCCCCCCCCC. The first kappa shape index (κ1) is 80.1. The second kappa shape index (κ2) is 71.6. The molecule has 0 radical (unpaired) electrons. The highest BCUT2D eigenvalue weighted by Gasteiger charge is 2.19. The molecule has 0 aliphatic rings. The van der Waals surface area contributed by atoms with Gasteiger partial charge in [0.05, 0.1) is 0 Å². The highest BCUT2D eigenvalue weighted by atomic mass is 16.6. The molecule has 0 bridgehead atoms. The van der Waals surface area contributed by atoms with Crippen LogP contribution in [0, 0.1) is 0 Å². The summed E-state index contributed by atoms with van der Waals surface area (Å²) in [6.45, 7) is 6.59. The predicted molar refractivity (Wildman–Crippen MR) is 362 cm³/mol. The predicted octanol–water partition coefficient (Wildman–Crippen LogP) is 25.5. The van der Waals surface area contributed by atoms with E-state index in [1.807, 2.05) is 0 Å². The minimum atomic E-state index is -0.778. The van der Waals surface area contributed by atoms with E-state index in [-0.39, 0.29) is 31.1 Å². The van der Waals surface area contributed by atoms with Gasteiger partial charge in [-0.2, -0.15) is 0 Å².